The lowest BCUT2D eigenvalue weighted by molar-refractivity contribution is -0.119. The van der Waals surface area contributed by atoms with Gasteiger partial charge in [0.05, 0.1) is 11.8 Å². The Morgan fingerprint density at radius 2 is 2.15 bits per heavy atom. The highest BCUT2D eigenvalue weighted by atomic mass is 32.2. The molecule has 3 aromatic rings. The lowest BCUT2D eigenvalue weighted by Crippen LogP contribution is -2.29. The molecule has 0 radical (unpaired) electrons. The van der Waals surface area contributed by atoms with Gasteiger partial charge in [0.2, 0.25) is 11.8 Å². The molecule has 0 spiro atoms. The van der Waals surface area contributed by atoms with Crippen molar-refractivity contribution in [2.24, 2.45) is 0 Å². The van der Waals surface area contributed by atoms with Gasteiger partial charge in [-0.1, -0.05) is 55.4 Å². The molecule has 1 amide bonds. The Labute approximate surface area is 155 Å². The van der Waals surface area contributed by atoms with Crippen LogP contribution in [0.15, 0.2) is 52.6 Å². The van der Waals surface area contributed by atoms with Gasteiger partial charge in [0.25, 0.3) is 5.22 Å². The highest BCUT2D eigenvalue weighted by molar-refractivity contribution is 7.99. The molecule has 1 unspecified atom stereocenters. The molecule has 136 valence electrons. The summed E-state index contributed by atoms with van der Waals surface area (Å²) in [5, 5.41) is 15.3. The predicted molar refractivity (Wildman–Crippen MR) is 96.4 cm³/mol. The molecule has 0 fully saturated rings. The molecule has 1 atom stereocenters. The average molecular weight is 372 g/mol. The summed E-state index contributed by atoms with van der Waals surface area (Å²) < 4.78 is 7.10. The minimum Gasteiger partial charge on any atom is -0.414 e. The molecule has 0 aliphatic heterocycles. The van der Waals surface area contributed by atoms with E-state index < -0.39 is 0 Å². The number of carbonyl (C=O) groups is 1. The first-order valence-corrected chi connectivity index (χ1v) is 9.35. The first-order valence-electron chi connectivity index (χ1n) is 8.36. The van der Waals surface area contributed by atoms with E-state index in [1.165, 1.54) is 18.1 Å². The number of aromatic nitrogens is 5. The largest absolute Gasteiger partial charge is 0.414 e. The van der Waals surface area contributed by atoms with Crippen molar-refractivity contribution in [3.63, 3.8) is 0 Å². The summed E-state index contributed by atoms with van der Waals surface area (Å²) in [7, 11) is 0. The van der Waals surface area contributed by atoms with E-state index in [1.807, 2.05) is 30.3 Å². The molecule has 0 saturated carbocycles. The van der Waals surface area contributed by atoms with Crippen molar-refractivity contribution in [1.82, 2.24) is 30.3 Å². The minimum absolute atomic E-state index is 0.0138. The summed E-state index contributed by atoms with van der Waals surface area (Å²) in [6, 6.07) is 10.0. The monoisotopic (exact) mass is 372 g/mol. The second-order valence-electron chi connectivity index (χ2n) is 5.66. The number of benzene rings is 1. The molecule has 3 rings (SSSR count). The second-order valence-corrected chi connectivity index (χ2v) is 6.59. The van der Waals surface area contributed by atoms with E-state index in [1.54, 1.807) is 11.0 Å². The molecule has 0 aliphatic rings. The highest BCUT2D eigenvalue weighted by Crippen LogP contribution is 2.20. The molecule has 0 saturated heterocycles. The summed E-state index contributed by atoms with van der Waals surface area (Å²) in [5.74, 6) is 0.581. The quantitative estimate of drug-likeness (QED) is 0.576. The third-order valence-electron chi connectivity index (χ3n) is 3.65. The van der Waals surface area contributed by atoms with Gasteiger partial charge in [0.15, 0.2) is 0 Å². The summed E-state index contributed by atoms with van der Waals surface area (Å²) in [5.41, 5.74) is 1.11. The van der Waals surface area contributed by atoms with Gasteiger partial charge in [-0.25, -0.2) is 9.67 Å². The number of carbonyl (C=O) groups excluding carboxylic acids is 1. The van der Waals surface area contributed by atoms with Crippen LogP contribution in [0.4, 0.5) is 0 Å². The zero-order chi connectivity index (χ0) is 18.2. The van der Waals surface area contributed by atoms with Crippen molar-refractivity contribution in [3.8, 4) is 0 Å². The van der Waals surface area contributed by atoms with Crippen LogP contribution in [-0.2, 0) is 11.3 Å². The van der Waals surface area contributed by atoms with Crippen LogP contribution in [0.3, 0.4) is 0 Å². The fourth-order valence-corrected chi connectivity index (χ4v) is 3.06. The molecule has 1 aromatic carbocycles. The number of amides is 1. The minimum atomic E-state index is -0.0617. The van der Waals surface area contributed by atoms with Crippen LogP contribution in [0.1, 0.15) is 37.3 Å². The van der Waals surface area contributed by atoms with E-state index >= 15 is 0 Å². The number of nitrogens with one attached hydrogen (secondary N) is 1. The number of nitrogens with zero attached hydrogens (tertiary/aromatic N) is 5. The van der Waals surface area contributed by atoms with E-state index in [-0.39, 0.29) is 17.7 Å². The van der Waals surface area contributed by atoms with E-state index in [0.29, 0.717) is 17.7 Å². The molecular formula is C17H20N6O2S. The van der Waals surface area contributed by atoms with Crippen molar-refractivity contribution in [3.05, 3.63) is 54.4 Å². The first kappa shape index (κ1) is 18.1. The predicted octanol–water partition coefficient (Wildman–Crippen LogP) is 2.46. The van der Waals surface area contributed by atoms with Crippen LogP contribution in [0.5, 0.6) is 0 Å². The molecular weight excluding hydrogens is 352 g/mol. The van der Waals surface area contributed by atoms with Crippen LogP contribution < -0.4 is 5.32 Å². The third-order valence-corrected chi connectivity index (χ3v) is 4.47. The van der Waals surface area contributed by atoms with Crippen molar-refractivity contribution in [2.45, 2.75) is 37.6 Å². The highest BCUT2D eigenvalue weighted by Gasteiger charge is 2.15. The maximum Gasteiger partial charge on any atom is 0.277 e. The molecule has 26 heavy (non-hydrogen) atoms. The van der Waals surface area contributed by atoms with Gasteiger partial charge in [0, 0.05) is 0 Å². The standard InChI is InChI=1S/C17H20N6O2S/c1-2-6-14(13-7-4-3-5-8-13)20-15(24)10-26-17-22-21-16(25-17)9-23-12-18-11-19-23/h3-5,7-8,11-12,14H,2,6,9-10H2,1H3,(H,20,24). The Morgan fingerprint density at radius 3 is 2.88 bits per heavy atom. The Bertz CT molecular complexity index is 806. The summed E-state index contributed by atoms with van der Waals surface area (Å²) in [6.45, 7) is 2.46. The topological polar surface area (TPSA) is 98.7 Å². The van der Waals surface area contributed by atoms with Crippen LogP contribution in [-0.4, -0.2) is 36.6 Å². The zero-order valence-electron chi connectivity index (χ0n) is 14.4. The van der Waals surface area contributed by atoms with Gasteiger partial charge >= 0.3 is 0 Å². The summed E-state index contributed by atoms with van der Waals surface area (Å²) in [4.78, 5) is 16.1. The molecule has 2 heterocycles. The smallest absolute Gasteiger partial charge is 0.277 e. The molecule has 0 aliphatic carbocycles. The van der Waals surface area contributed by atoms with Crippen LogP contribution >= 0.6 is 11.8 Å². The number of thioether (sulfide) groups is 1. The Hall–Kier alpha value is -2.68. The second kappa shape index (κ2) is 9.14. The molecule has 1 N–H and O–H groups in total. The molecule has 9 heteroatoms. The number of hydrogen-bond acceptors (Lipinski definition) is 7. The SMILES string of the molecule is CCCC(NC(=O)CSc1nnc(Cn2cncn2)o1)c1ccccc1. The van der Waals surface area contributed by atoms with Crippen molar-refractivity contribution in [2.75, 3.05) is 5.75 Å². The van der Waals surface area contributed by atoms with Gasteiger partial charge in [-0.3, -0.25) is 4.79 Å². The number of rotatable bonds is 9. The summed E-state index contributed by atoms with van der Waals surface area (Å²) >= 11 is 1.22. The fraction of sp³-hybridized carbons (Fsp3) is 0.353. The summed E-state index contributed by atoms with van der Waals surface area (Å²) in [6.07, 6.45) is 4.89. The normalized spacial score (nSPS) is 12.0. The Kier molecular flexibility index (Phi) is 6.37. The van der Waals surface area contributed by atoms with E-state index in [2.05, 4.69) is 32.5 Å². The van der Waals surface area contributed by atoms with E-state index in [4.69, 9.17) is 4.42 Å². The van der Waals surface area contributed by atoms with Gasteiger partial charge in [-0.15, -0.1) is 10.2 Å². The molecule has 2 aromatic heterocycles. The molecule has 8 nitrogen and oxygen atoms in total. The maximum atomic E-state index is 12.3. The Morgan fingerprint density at radius 1 is 1.31 bits per heavy atom. The molecule has 0 bridgehead atoms. The fourth-order valence-electron chi connectivity index (χ4n) is 2.47. The van der Waals surface area contributed by atoms with Crippen LogP contribution in [0, 0.1) is 0 Å². The van der Waals surface area contributed by atoms with Gasteiger partial charge in [0.1, 0.15) is 19.2 Å². The van der Waals surface area contributed by atoms with E-state index in [9.17, 15) is 4.79 Å². The average Bonchev–Trinajstić information content (AvgIpc) is 3.33. The van der Waals surface area contributed by atoms with Crippen LogP contribution in [0.2, 0.25) is 0 Å². The lowest BCUT2D eigenvalue weighted by atomic mass is 10.0. The van der Waals surface area contributed by atoms with Gasteiger partial charge < -0.3 is 9.73 Å². The maximum absolute atomic E-state index is 12.3. The van der Waals surface area contributed by atoms with Crippen molar-refractivity contribution >= 4 is 17.7 Å². The Balaban J connectivity index is 1.51. The van der Waals surface area contributed by atoms with Gasteiger partial charge in [-0.05, 0) is 12.0 Å². The number of hydrogen-bond donors (Lipinski definition) is 1. The van der Waals surface area contributed by atoms with Crippen molar-refractivity contribution < 1.29 is 9.21 Å². The zero-order valence-corrected chi connectivity index (χ0v) is 15.2. The van der Waals surface area contributed by atoms with Crippen molar-refractivity contribution in [1.29, 1.82) is 0 Å². The van der Waals surface area contributed by atoms with E-state index in [0.717, 1.165) is 18.4 Å². The van der Waals surface area contributed by atoms with Gasteiger partial charge in [-0.2, -0.15) is 5.10 Å². The van der Waals surface area contributed by atoms with Crippen LogP contribution in [0.25, 0.3) is 0 Å². The third kappa shape index (κ3) is 5.16. The lowest BCUT2D eigenvalue weighted by Gasteiger charge is -2.18. The first-order chi connectivity index (χ1) is 12.7.